The largest absolute Gasteiger partial charge is 0.377 e. The molecule has 0 heterocycles. The van der Waals surface area contributed by atoms with Crippen LogP contribution in [-0.2, 0) is 4.74 Å². The van der Waals surface area contributed by atoms with Crippen LogP contribution in [0.1, 0.15) is 31.9 Å². The summed E-state index contributed by atoms with van der Waals surface area (Å²) in [5, 5.41) is 3.19. The molecule has 1 rings (SSSR count). The van der Waals surface area contributed by atoms with E-state index in [2.05, 4.69) is 12.2 Å². The smallest absolute Gasteiger partial charge is 0.123 e. The summed E-state index contributed by atoms with van der Waals surface area (Å²) < 4.78 is 18.8. The van der Waals surface area contributed by atoms with E-state index in [1.165, 1.54) is 6.07 Å². The number of nitrogens with one attached hydrogen (secondary N) is 1. The van der Waals surface area contributed by atoms with Crippen molar-refractivity contribution in [2.45, 2.75) is 32.4 Å². The SMILES string of the molecule is CCOC(CC)C(NC)c1cccc(F)c1. The van der Waals surface area contributed by atoms with Crippen molar-refractivity contribution in [1.82, 2.24) is 5.32 Å². The quantitative estimate of drug-likeness (QED) is 0.803. The Morgan fingerprint density at radius 3 is 2.62 bits per heavy atom. The summed E-state index contributed by atoms with van der Waals surface area (Å²) in [7, 11) is 1.87. The van der Waals surface area contributed by atoms with Gasteiger partial charge in [0.25, 0.3) is 0 Å². The average Bonchev–Trinajstić information content (AvgIpc) is 2.29. The molecular formula is C13H20FNO. The summed E-state index contributed by atoms with van der Waals surface area (Å²) in [6, 6.07) is 6.71. The lowest BCUT2D eigenvalue weighted by Gasteiger charge is -2.26. The maximum absolute atomic E-state index is 13.1. The van der Waals surface area contributed by atoms with Crippen molar-refractivity contribution < 1.29 is 9.13 Å². The van der Waals surface area contributed by atoms with Crippen LogP contribution >= 0.6 is 0 Å². The number of halogens is 1. The Bertz CT molecular complexity index is 317. The molecule has 0 aliphatic carbocycles. The zero-order valence-corrected chi connectivity index (χ0v) is 10.2. The van der Waals surface area contributed by atoms with Crippen LogP contribution < -0.4 is 5.32 Å². The lowest BCUT2D eigenvalue weighted by Crippen LogP contribution is -2.31. The molecule has 0 saturated carbocycles. The first-order valence-corrected chi connectivity index (χ1v) is 5.77. The third-order valence-electron chi connectivity index (χ3n) is 2.67. The molecule has 0 amide bonds. The van der Waals surface area contributed by atoms with E-state index in [9.17, 15) is 4.39 Å². The van der Waals surface area contributed by atoms with Crippen molar-refractivity contribution in [2.24, 2.45) is 0 Å². The van der Waals surface area contributed by atoms with Crippen molar-refractivity contribution in [3.63, 3.8) is 0 Å². The van der Waals surface area contributed by atoms with Gasteiger partial charge in [0.1, 0.15) is 5.82 Å². The molecule has 2 nitrogen and oxygen atoms in total. The zero-order chi connectivity index (χ0) is 12.0. The Morgan fingerprint density at radius 2 is 2.12 bits per heavy atom. The number of rotatable bonds is 6. The van der Waals surface area contributed by atoms with E-state index in [1.807, 2.05) is 20.0 Å². The number of likely N-dealkylation sites (N-methyl/N-ethyl adjacent to an activating group) is 1. The predicted octanol–water partition coefficient (Wildman–Crippen LogP) is 2.90. The van der Waals surface area contributed by atoms with Gasteiger partial charge in [-0.25, -0.2) is 4.39 Å². The minimum absolute atomic E-state index is 0.0423. The first-order valence-electron chi connectivity index (χ1n) is 5.77. The Morgan fingerprint density at radius 1 is 1.38 bits per heavy atom. The van der Waals surface area contributed by atoms with Crippen molar-refractivity contribution in [3.05, 3.63) is 35.6 Å². The van der Waals surface area contributed by atoms with E-state index in [-0.39, 0.29) is 18.0 Å². The maximum Gasteiger partial charge on any atom is 0.123 e. The molecule has 0 radical (unpaired) electrons. The Balaban J connectivity index is 2.87. The van der Waals surface area contributed by atoms with Crippen LogP contribution in [0.3, 0.4) is 0 Å². The van der Waals surface area contributed by atoms with Gasteiger partial charge in [-0.1, -0.05) is 19.1 Å². The number of hydrogen-bond acceptors (Lipinski definition) is 2. The van der Waals surface area contributed by atoms with Crippen LogP contribution in [0.2, 0.25) is 0 Å². The highest BCUT2D eigenvalue weighted by molar-refractivity contribution is 5.21. The van der Waals surface area contributed by atoms with Gasteiger partial charge in [0.15, 0.2) is 0 Å². The van der Waals surface area contributed by atoms with Gasteiger partial charge in [-0.3, -0.25) is 0 Å². The Labute approximate surface area is 96.8 Å². The summed E-state index contributed by atoms with van der Waals surface area (Å²) >= 11 is 0. The standard InChI is InChI=1S/C13H20FNO/c1-4-12(16-5-2)13(15-3)10-7-6-8-11(14)9-10/h6-9,12-13,15H,4-5H2,1-3H3. The van der Waals surface area contributed by atoms with Crippen LogP contribution in [0.15, 0.2) is 24.3 Å². The summed E-state index contributed by atoms with van der Waals surface area (Å²) in [4.78, 5) is 0. The highest BCUT2D eigenvalue weighted by Crippen LogP contribution is 2.21. The fourth-order valence-corrected chi connectivity index (χ4v) is 1.93. The molecule has 2 atom stereocenters. The van der Waals surface area contributed by atoms with E-state index < -0.39 is 0 Å². The summed E-state index contributed by atoms with van der Waals surface area (Å²) in [6.07, 6.45) is 0.979. The molecule has 0 spiro atoms. The molecule has 3 heteroatoms. The zero-order valence-electron chi connectivity index (χ0n) is 10.2. The Hall–Kier alpha value is -0.930. The fraction of sp³-hybridized carbons (Fsp3) is 0.538. The van der Waals surface area contributed by atoms with Gasteiger partial charge < -0.3 is 10.1 Å². The van der Waals surface area contributed by atoms with Crippen LogP contribution in [0.4, 0.5) is 4.39 Å². The van der Waals surface area contributed by atoms with E-state index >= 15 is 0 Å². The normalized spacial score (nSPS) is 14.8. The highest BCUT2D eigenvalue weighted by Gasteiger charge is 2.20. The summed E-state index contributed by atoms with van der Waals surface area (Å²) in [6.45, 7) is 4.72. The third-order valence-corrected chi connectivity index (χ3v) is 2.67. The lowest BCUT2D eigenvalue weighted by molar-refractivity contribution is 0.0333. The lowest BCUT2D eigenvalue weighted by atomic mass is 9.99. The molecule has 2 unspecified atom stereocenters. The minimum Gasteiger partial charge on any atom is -0.377 e. The monoisotopic (exact) mass is 225 g/mol. The van der Waals surface area contributed by atoms with Crippen LogP contribution in [0.5, 0.6) is 0 Å². The summed E-state index contributed by atoms with van der Waals surface area (Å²) in [5.74, 6) is -0.205. The van der Waals surface area contributed by atoms with E-state index in [1.54, 1.807) is 12.1 Å². The number of hydrogen-bond donors (Lipinski definition) is 1. The minimum atomic E-state index is -0.205. The first kappa shape index (κ1) is 13.1. The molecule has 0 saturated heterocycles. The second-order valence-electron chi connectivity index (χ2n) is 3.72. The Kier molecular flexibility index (Phi) is 5.43. The second kappa shape index (κ2) is 6.61. The molecular weight excluding hydrogens is 205 g/mol. The van der Waals surface area contributed by atoms with Gasteiger partial charge in [-0.15, -0.1) is 0 Å². The fourth-order valence-electron chi connectivity index (χ4n) is 1.93. The van der Waals surface area contributed by atoms with Crippen LogP contribution in [0.25, 0.3) is 0 Å². The number of benzene rings is 1. The molecule has 0 aliphatic heterocycles. The molecule has 1 aromatic carbocycles. The van der Waals surface area contributed by atoms with Gasteiger partial charge in [0.05, 0.1) is 12.1 Å². The molecule has 90 valence electrons. The van der Waals surface area contributed by atoms with E-state index in [0.717, 1.165) is 12.0 Å². The maximum atomic E-state index is 13.1. The third kappa shape index (κ3) is 3.29. The summed E-state index contributed by atoms with van der Waals surface area (Å²) in [5.41, 5.74) is 0.933. The molecule has 0 aliphatic rings. The molecule has 1 N–H and O–H groups in total. The van der Waals surface area contributed by atoms with Crippen molar-refractivity contribution in [3.8, 4) is 0 Å². The van der Waals surface area contributed by atoms with Gasteiger partial charge in [-0.2, -0.15) is 0 Å². The molecule has 1 aromatic rings. The molecule has 16 heavy (non-hydrogen) atoms. The molecule has 0 fully saturated rings. The van der Waals surface area contributed by atoms with Crippen molar-refractivity contribution >= 4 is 0 Å². The van der Waals surface area contributed by atoms with E-state index in [4.69, 9.17) is 4.74 Å². The van der Waals surface area contributed by atoms with Gasteiger partial charge >= 0.3 is 0 Å². The topological polar surface area (TPSA) is 21.3 Å². The first-order chi connectivity index (χ1) is 7.72. The van der Waals surface area contributed by atoms with Gasteiger partial charge in [-0.05, 0) is 38.1 Å². The predicted molar refractivity (Wildman–Crippen MR) is 63.9 cm³/mol. The van der Waals surface area contributed by atoms with Crippen LogP contribution in [-0.4, -0.2) is 19.8 Å². The number of ether oxygens (including phenoxy) is 1. The van der Waals surface area contributed by atoms with Crippen molar-refractivity contribution in [2.75, 3.05) is 13.7 Å². The van der Waals surface area contributed by atoms with E-state index in [0.29, 0.717) is 6.61 Å². The molecule has 0 bridgehead atoms. The second-order valence-corrected chi connectivity index (χ2v) is 3.72. The van der Waals surface area contributed by atoms with Crippen LogP contribution in [0, 0.1) is 5.82 Å². The molecule has 0 aromatic heterocycles. The highest BCUT2D eigenvalue weighted by atomic mass is 19.1. The van der Waals surface area contributed by atoms with Gasteiger partial charge in [0, 0.05) is 6.61 Å². The average molecular weight is 225 g/mol. The van der Waals surface area contributed by atoms with Gasteiger partial charge in [0.2, 0.25) is 0 Å². The van der Waals surface area contributed by atoms with Crippen molar-refractivity contribution in [1.29, 1.82) is 0 Å².